The summed E-state index contributed by atoms with van der Waals surface area (Å²) >= 11 is 0. The Bertz CT molecular complexity index is 852. The second-order valence-electron chi connectivity index (χ2n) is 5.06. The Hall–Kier alpha value is -2.82. The van der Waals surface area contributed by atoms with Crippen molar-refractivity contribution in [1.29, 1.82) is 0 Å². The summed E-state index contributed by atoms with van der Waals surface area (Å²) in [5, 5.41) is 16.7. The molecule has 2 heterocycles. The van der Waals surface area contributed by atoms with Gasteiger partial charge in [-0.2, -0.15) is 0 Å². The molecule has 1 aliphatic carbocycles. The second kappa shape index (κ2) is 4.63. The molecule has 1 aliphatic rings. The summed E-state index contributed by atoms with van der Waals surface area (Å²) in [5.41, 5.74) is 5.66. The van der Waals surface area contributed by atoms with E-state index >= 15 is 0 Å². The summed E-state index contributed by atoms with van der Waals surface area (Å²) in [6.07, 6.45) is 6.83. The molecule has 1 aromatic carbocycles. The van der Waals surface area contributed by atoms with Crippen molar-refractivity contribution in [3.05, 3.63) is 54.0 Å². The number of hydrogen-bond donors (Lipinski definition) is 2. The van der Waals surface area contributed by atoms with Crippen molar-refractivity contribution in [2.75, 3.05) is 5.32 Å². The van der Waals surface area contributed by atoms with Crippen LogP contribution in [0.1, 0.15) is 17.5 Å². The molecule has 0 saturated heterocycles. The molecule has 5 heteroatoms. The van der Waals surface area contributed by atoms with E-state index in [0.717, 1.165) is 46.5 Å². The maximum Gasteiger partial charge on any atom is 0.154 e. The van der Waals surface area contributed by atoms with Gasteiger partial charge in [0.15, 0.2) is 5.58 Å². The summed E-state index contributed by atoms with van der Waals surface area (Å²) < 4.78 is 5.47. The van der Waals surface area contributed by atoms with Gasteiger partial charge in [0.05, 0.1) is 17.6 Å². The van der Waals surface area contributed by atoms with Crippen molar-refractivity contribution in [1.82, 2.24) is 4.98 Å². The van der Waals surface area contributed by atoms with E-state index in [4.69, 9.17) is 9.62 Å². The SMILES string of the molecule is ON=C1CCc2cc(Nc3coc4cnccc34)ccc21. The highest BCUT2D eigenvalue weighted by Crippen LogP contribution is 2.30. The van der Waals surface area contributed by atoms with Gasteiger partial charge in [-0.25, -0.2) is 0 Å². The van der Waals surface area contributed by atoms with Crippen LogP contribution in [-0.2, 0) is 6.42 Å². The molecule has 104 valence electrons. The highest BCUT2D eigenvalue weighted by molar-refractivity contribution is 6.04. The zero-order chi connectivity index (χ0) is 14.2. The molecule has 4 rings (SSSR count). The summed E-state index contributed by atoms with van der Waals surface area (Å²) in [4.78, 5) is 4.04. The fraction of sp³-hybridized carbons (Fsp3) is 0.125. The molecule has 0 radical (unpaired) electrons. The monoisotopic (exact) mass is 279 g/mol. The number of anilines is 2. The maximum atomic E-state index is 8.96. The van der Waals surface area contributed by atoms with Crippen molar-refractivity contribution in [2.24, 2.45) is 5.16 Å². The van der Waals surface area contributed by atoms with Gasteiger partial charge in [0.2, 0.25) is 0 Å². The highest BCUT2D eigenvalue weighted by atomic mass is 16.4. The number of nitrogens with one attached hydrogen (secondary N) is 1. The van der Waals surface area contributed by atoms with Crippen molar-refractivity contribution < 1.29 is 9.62 Å². The third-order valence-corrected chi connectivity index (χ3v) is 3.83. The lowest BCUT2D eigenvalue weighted by atomic mass is 10.1. The molecule has 21 heavy (non-hydrogen) atoms. The van der Waals surface area contributed by atoms with E-state index in [0.29, 0.717) is 0 Å². The van der Waals surface area contributed by atoms with Crippen molar-refractivity contribution in [2.45, 2.75) is 12.8 Å². The number of pyridine rings is 1. The van der Waals surface area contributed by atoms with Crippen LogP contribution < -0.4 is 5.32 Å². The Morgan fingerprint density at radius 3 is 3.10 bits per heavy atom. The van der Waals surface area contributed by atoms with Gasteiger partial charge in [-0.05, 0) is 36.6 Å². The average Bonchev–Trinajstić information content (AvgIpc) is 3.11. The number of nitrogens with zero attached hydrogens (tertiary/aromatic N) is 2. The summed E-state index contributed by atoms with van der Waals surface area (Å²) in [5.74, 6) is 0. The van der Waals surface area contributed by atoms with Gasteiger partial charge in [-0.1, -0.05) is 11.2 Å². The highest BCUT2D eigenvalue weighted by Gasteiger charge is 2.18. The first-order valence-corrected chi connectivity index (χ1v) is 6.77. The predicted octanol–water partition coefficient (Wildman–Crippen LogP) is 3.70. The first-order valence-electron chi connectivity index (χ1n) is 6.77. The minimum atomic E-state index is 0.760. The van der Waals surface area contributed by atoms with Gasteiger partial charge in [-0.15, -0.1) is 0 Å². The van der Waals surface area contributed by atoms with Crippen LogP contribution in [0.15, 0.2) is 52.5 Å². The molecule has 0 saturated carbocycles. The average molecular weight is 279 g/mol. The minimum absolute atomic E-state index is 0.760. The standard InChI is InChI=1S/C16H13N3O2/c20-19-14-4-1-10-7-11(2-3-12(10)14)18-15-9-21-16-8-17-6-5-13(15)16/h2-3,5-9,18,20H,1,4H2. The molecule has 0 spiro atoms. The Balaban J connectivity index is 1.69. The Morgan fingerprint density at radius 2 is 2.19 bits per heavy atom. The van der Waals surface area contributed by atoms with E-state index in [1.165, 1.54) is 5.56 Å². The largest absolute Gasteiger partial charge is 0.460 e. The topological polar surface area (TPSA) is 70.7 Å². The molecule has 0 fully saturated rings. The number of aromatic nitrogens is 1. The number of benzene rings is 1. The van der Waals surface area contributed by atoms with Gasteiger partial charge < -0.3 is 14.9 Å². The summed E-state index contributed by atoms with van der Waals surface area (Å²) in [6, 6.07) is 7.98. The van der Waals surface area contributed by atoms with Crippen molar-refractivity contribution in [3.8, 4) is 0 Å². The third-order valence-electron chi connectivity index (χ3n) is 3.83. The van der Waals surface area contributed by atoms with Crippen LogP contribution in [-0.4, -0.2) is 15.9 Å². The molecule has 0 bridgehead atoms. The van der Waals surface area contributed by atoms with Crippen LogP contribution in [0.2, 0.25) is 0 Å². The second-order valence-corrected chi connectivity index (χ2v) is 5.06. The van der Waals surface area contributed by atoms with E-state index < -0.39 is 0 Å². The Morgan fingerprint density at radius 1 is 1.24 bits per heavy atom. The fourth-order valence-corrected chi connectivity index (χ4v) is 2.79. The van der Waals surface area contributed by atoms with Gasteiger partial charge in [-0.3, -0.25) is 4.98 Å². The van der Waals surface area contributed by atoms with E-state index in [1.807, 2.05) is 18.2 Å². The number of rotatable bonds is 2. The Labute approximate surface area is 120 Å². The minimum Gasteiger partial charge on any atom is -0.460 e. The number of fused-ring (bicyclic) bond motifs is 2. The first-order chi connectivity index (χ1) is 10.3. The van der Waals surface area contributed by atoms with Gasteiger partial charge >= 0.3 is 0 Å². The van der Waals surface area contributed by atoms with Crippen molar-refractivity contribution >= 4 is 28.1 Å². The number of oxime groups is 1. The number of hydrogen-bond acceptors (Lipinski definition) is 5. The summed E-state index contributed by atoms with van der Waals surface area (Å²) in [6.45, 7) is 0. The first kappa shape index (κ1) is 12.0. The molecule has 2 aromatic heterocycles. The van der Waals surface area contributed by atoms with Crippen molar-refractivity contribution in [3.63, 3.8) is 0 Å². The number of aryl methyl sites for hydroxylation is 1. The molecule has 0 unspecified atom stereocenters. The van der Waals surface area contributed by atoms with Crippen LogP contribution in [0.25, 0.3) is 11.0 Å². The van der Waals surface area contributed by atoms with Crippen LogP contribution in [0.5, 0.6) is 0 Å². The van der Waals surface area contributed by atoms with E-state index in [-0.39, 0.29) is 0 Å². The van der Waals surface area contributed by atoms with Gasteiger partial charge in [0, 0.05) is 22.8 Å². The number of furan rings is 1. The fourth-order valence-electron chi connectivity index (χ4n) is 2.79. The van der Waals surface area contributed by atoms with E-state index in [2.05, 4.69) is 21.5 Å². The van der Waals surface area contributed by atoms with E-state index in [9.17, 15) is 0 Å². The predicted molar refractivity (Wildman–Crippen MR) is 80.4 cm³/mol. The lowest BCUT2D eigenvalue weighted by Crippen LogP contribution is -1.95. The molecule has 3 aromatic rings. The van der Waals surface area contributed by atoms with Crippen LogP contribution in [0.4, 0.5) is 11.4 Å². The van der Waals surface area contributed by atoms with Crippen LogP contribution >= 0.6 is 0 Å². The molecular weight excluding hydrogens is 266 g/mol. The molecule has 0 atom stereocenters. The lowest BCUT2D eigenvalue weighted by molar-refractivity contribution is 0.318. The Kier molecular flexibility index (Phi) is 2.64. The smallest absolute Gasteiger partial charge is 0.154 e. The zero-order valence-corrected chi connectivity index (χ0v) is 11.2. The normalized spacial score (nSPS) is 15.5. The lowest BCUT2D eigenvalue weighted by Gasteiger charge is -2.07. The van der Waals surface area contributed by atoms with Crippen LogP contribution in [0, 0.1) is 0 Å². The quantitative estimate of drug-likeness (QED) is 0.554. The van der Waals surface area contributed by atoms with E-state index in [1.54, 1.807) is 18.7 Å². The molecule has 5 nitrogen and oxygen atoms in total. The summed E-state index contributed by atoms with van der Waals surface area (Å²) in [7, 11) is 0. The molecule has 0 amide bonds. The van der Waals surface area contributed by atoms with Gasteiger partial charge in [0.25, 0.3) is 0 Å². The molecule has 2 N–H and O–H groups in total. The molecule has 0 aliphatic heterocycles. The van der Waals surface area contributed by atoms with Gasteiger partial charge in [0.1, 0.15) is 6.26 Å². The maximum absolute atomic E-state index is 8.96. The molecular formula is C16H13N3O2. The zero-order valence-electron chi connectivity index (χ0n) is 11.2. The van der Waals surface area contributed by atoms with Crippen LogP contribution in [0.3, 0.4) is 0 Å². The third kappa shape index (κ3) is 1.94.